The summed E-state index contributed by atoms with van der Waals surface area (Å²) in [6.07, 6.45) is 10.6. The number of hydroxylamine groups is 1. The number of Topliss-reactive ketones (excluding diaryl/α,β-unsaturated/α-hetero) is 1. The number of amides is 1. The van der Waals surface area contributed by atoms with Crippen LogP contribution in [0.25, 0.3) is 0 Å². The number of fused-ring (bicyclic) bond motifs is 1. The van der Waals surface area contributed by atoms with Crippen molar-refractivity contribution in [2.24, 2.45) is 5.92 Å². The SMILES string of the molecule is O=C(NO)c1ccc2c(c1)CCC(Oc1ccnc(C(=O)CC3CCCCC3)c1)C2. The minimum atomic E-state index is -0.501. The molecule has 0 saturated heterocycles. The Bertz CT molecular complexity index is 921. The van der Waals surface area contributed by atoms with E-state index in [4.69, 9.17) is 9.94 Å². The summed E-state index contributed by atoms with van der Waals surface area (Å²) in [5.41, 5.74) is 4.86. The summed E-state index contributed by atoms with van der Waals surface area (Å²) in [7, 11) is 0. The zero-order chi connectivity index (χ0) is 20.9. The maximum atomic E-state index is 12.7. The number of carbonyl (C=O) groups excluding carboxylic acids is 2. The Labute approximate surface area is 176 Å². The molecule has 1 amide bonds. The molecule has 1 fully saturated rings. The molecule has 2 aliphatic carbocycles. The molecule has 4 rings (SSSR count). The van der Waals surface area contributed by atoms with Gasteiger partial charge in [0.2, 0.25) is 0 Å². The van der Waals surface area contributed by atoms with Crippen LogP contribution in [0.15, 0.2) is 36.5 Å². The van der Waals surface area contributed by atoms with E-state index in [9.17, 15) is 9.59 Å². The molecule has 0 radical (unpaired) electrons. The van der Waals surface area contributed by atoms with Crippen LogP contribution < -0.4 is 10.2 Å². The molecule has 1 atom stereocenters. The summed E-state index contributed by atoms with van der Waals surface area (Å²) < 4.78 is 6.18. The van der Waals surface area contributed by atoms with Crippen LogP contribution in [0.4, 0.5) is 0 Å². The summed E-state index contributed by atoms with van der Waals surface area (Å²) in [4.78, 5) is 28.5. The van der Waals surface area contributed by atoms with Crippen LogP contribution in [0.5, 0.6) is 5.75 Å². The van der Waals surface area contributed by atoms with Gasteiger partial charge >= 0.3 is 0 Å². The second-order valence-electron chi connectivity index (χ2n) is 8.42. The van der Waals surface area contributed by atoms with Gasteiger partial charge in [-0.15, -0.1) is 0 Å². The van der Waals surface area contributed by atoms with Crippen molar-refractivity contribution < 1.29 is 19.5 Å². The number of benzene rings is 1. The largest absolute Gasteiger partial charge is 0.490 e. The number of aryl methyl sites for hydroxylation is 1. The predicted octanol–water partition coefficient (Wildman–Crippen LogP) is 4.29. The smallest absolute Gasteiger partial charge is 0.274 e. The third-order valence-corrected chi connectivity index (χ3v) is 6.27. The second kappa shape index (κ2) is 9.39. The van der Waals surface area contributed by atoms with Crippen molar-refractivity contribution in [3.05, 3.63) is 58.9 Å². The fourth-order valence-electron chi connectivity index (χ4n) is 4.62. The molecule has 1 aromatic heterocycles. The van der Waals surface area contributed by atoms with Gasteiger partial charge in [-0.1, -0.05) is 38.2 Å². The van der Waals surface area contributed by atoms with Crippen molar-refractivity contribution in [1.29, 1.82) is 0 Å². The number of hydrogen-bond acceptors (Lipinski definition) is 5. The fraction of sp³-hybridized carbons (Fsp3) is 0.458. The number of nitrogens with one attached hydrogen (secondary N) is 1. The molecule has 2 aromatic rings. The van der Waals surface area contributed by atoms with Crippen molar-refractivity contribution in [3.8, 4) is 5.75 Å². The average molecular weight is 408 g/mol. The van der Waals surface area contributed by atoms with Gasteiger partial charge in [-0.05, 0) is 48.1 Å². The number of pyridine rings is 1. The predicted molar refractivity (Wildman–Crippen MR) is 112 cm³/mol. The minimum absolute atomic E-state index is 0.0127. The van der Waals surface area contributed by atoms with Crippen molar-refractivity contribution in [1.82, 2.24) is 10.5 Å². The molecular weight excluding hydrogens is 380 g/mol. The van der Waals surface area contributed by atoms with E-state index in [0.717, 1.165) is 43.2 Å². The summed E-state index contributed by atoms with van der Waals surface area (Å²) in [5.74, 6) is 0.779. The van der Waals surface area contributed by atoms with Crippen LogP contribution >= 0.6 is 0 Å². The van der Waals surface area contributed by atoms with E-state index in [2.05, 4.69) is 4.98 Å². The zero-order valence-corrected chi connectivity index (χ0v) is 17.1. The lowest BCUT2D eigenvalue weighted by atomic mass is 9.85. The van der Waals surface area contributed by atoms with E-state index in [0.29, 0.717) is 29.3 Å². The third-order valence-electron chi connectivity index (χ3n) is 6.27. The molecule has 6 nitrogen and oxygen atoms in total. The van der Waals surface area contributed by atoms with Crippen molar-refractivity contribution in [3.63, 3.8) is 0 Å². The first kappa shape index (κ1) is 20.5. The highest BCUT2D eigenvalue weighted by atomic mass is 16.5. The Balaban J connectivity index is 1.38. The monoisotopic (exact) mass is 408 g/mol. The molecule has 1 saturated carbocycles. The number of rotatable bonds is 6. The van der Waals surface area contributed by atoms with E-state index in [1.165, 1.54) is 19.3 Å². The standard InChI is InChI=1S/C24H28N2O4/c27-23(12-16-4-2-1-3-5-16)22-15-21(10-11-25-22)30-20-9-8-17-13-19(24(28)26-29)7-6-18(17)14-20/h6-7,10-11,13,15-16,20,29H,1-5,8-9,12,14H2,(H,26,28). The molecule has 1 heterocycles. The lowest BCUT2D eigenvalue weighted by Gasteiger charge is -2.26. The molecule has 30 heavy (non-hydrogen) atoms. The average Bonchev–Trinajstić information content (AvgIpc) is 2.79. The van der Waals surface area contributed by atoms with Gasteiger partial charge in [0.05, 0.1) is 0 Å². The van der Waals surface area contributed by atoms with Crippen LogP contribution in [-0.4, -0.2) is 28.0 Å². The molecule has 0 spiro atoms. The van der Waals surface area contributed by atoms with Crippen LogP contribution in [0, 0.1) is 5.92 Å². The highest BCUT2D eigenvalue weighted by molar-refractivity contribution is 5.94. The fourth-order valence-corrected chi connectivity index (χ4v) is 4.62. The lowest BCUT2D eigenvalue weighted by molar-refractivity contribution is 0.0706. The summed E-state index contributed by atoms with van der Waals surface area (Å²) in [5, 5.41) is 8.80. The highest BCUT2D eigenvalue weighted by Crippen LogP contribution is 2.29. The third kappa shape index (κ3) is 4.87. The van der Waals surface area contributed by atoms with Crippen molar-refractivity contribution in [2.75, 3.05) is 0 Å². The van der Waals surface area contributed by atoms with Gasteiger partial charge < -0.3 is 4.74 Å². The van der Waals surface area contributed by atoms with E-state index in [1.807, 2.05) is 18.2 Å². The molecule has 2 N–H and O–H groups in total. The number of ketones is 1. The van der Waals surface area contributed by atoms with Crippen molar-refractivity contribution in [2.45, 2.75) is 63.9 Å². The van der Waals surface area contributed by atoms with Gasteiger partial charge in [0.1, 0.15) is 17.5 Å². The molecule has 2 aliphatic rings. The summed E-state index contributed by atoms with van der Waals surface area (Å²) >= 11 is 0. The van der Waals surface area contributed by atoms with Crippen LogP contribution in [0.2, 0.25) is 0 Å². The number of aromatic nitrogens is 1. The van der Waals surface area contributed by atoms with Gasteiger partial charge in [0.25, 0.3) is 5.91 Å². The zero-order valence-electron chi connectivity index (χ0n) is 17.1. The Kier molecular flexibility index (Phi) is 6.43. The molecule has 0 bridgehead atoms. The van der Waals surface area contributed by atoms with Gasteiger partial charge in [-0.2, -0.15) is 0 Å². The Hall–Kier alpha value is -2.73. The van der Waals surface area contributed by atoms with Crippen LogP contribution in [-0.2, 0) is 12.8 Å². The first-order valence-corrected chi connectivity index (χ1v) is 10.8. The Morgan fingerprint density at radius 2 is 1.90 bits per heavy atom. The van der Waals surface area contributed by atoms with E-state index >= 15 is 0 Å². The second-order valence-corrected chi connectivity index (χ2v) is 8.42. The Morgan fingerprint density at radius 3 is 2.70 bits per heavy atom. The van der Waals surface area contributed by atoms with Crippen molar-refractivity contribution >= 4 is 11.7 Å². The number of ether oxygens (including phenoxy) is 1. The molecule has 158 valence electrons. The first-order valence-electron chi connectivity index (χ1n) is 10.8. The van der Waals surface area contributed by atoms with Gasteiger partial charge in [-0.25, -0.2) is 5.48 Å². The topological polar surface area (TPSA) is 88.5 Å². The summed E-state index contributed by atoms with van der Waals surface area (Å²) in [6.45, 7) is 0. The van der Waals surface area contributed by atoms with Crippen LogP contribution in [0.3, 0.4) is 0 Å². The van der Waals surface area contributed by atoms with E-state index in [-0.39, 0.29) is 11.9 Å². The van der Waals surface area contributed by atoms with E-state index in [1.54, 1.807) is 23.8 Å². The maximum Gasteiger partial charge on any atom is 0.274 e. The number of nitrogens with zero attached hydrogens (tertiary/aromatic N) is 1. The Morgan fingerprint density at radius 1 is 1.07 bits per heavy atom. The number of hydrogen-bond donors (Lipinski definition) is 2. The normalized spacial score (nSPS) is 19.0. The lowest BCUT2D eigenvalue weighted by Crippen LogP contribution is -2.26. The van der Waals surface area contributed by atoms with Gasteiger partial charge in [-0.3, -0.25) is 19.8 Å². The molecule has 0 aliphatic heterocycles. The summed E-state index contributed by atoms with van der Waals surface area (Å²) in [6, 6.07) is 9.03. The first-order chi connectivity index (χ1) is 14.6. The van der Waals surface area contributed by atoms with Gasteiger partial charge in [0.15, 0.2) is 5.78 Å². The quantitative estimate of drug-likeness (QED) is 0.423. The molecule has 6 heteroatoms. The van der Waals surface area contributed by atoms with Crippen LogP contribution in [0.1, 0.15) is 76.9 Å². The maximum absolute atomic E-state index is 12.7. The van der Waals surface area contributed by atoms with Gasteiger partial charge in [0, 0.05) is 30.7 Å². The molecule has 1 unspecified atom stereocenters. The molecule has 1 aromatic carbocycles. The highest BCUT2D eigenvalue weighted by Gasteiger charge is 2.23. The minimum Gasteiger partial charge on any atom is -0.490 e. The number of carbonyl (C=O) groups is 2. The molecular formula is C24H28N2O4. The van der Waals surface area contributed by atoms with E-state index < -0.39 is 5.91 Å².